The van der Waals surface area contributed by atoms with Crippen molar-refractivity contribution in [1.82, 2.24) is 0 Å². The summed E-state index contributed by atoms with van der Waals surface area (Å²) in [6.45, 7) is 0. The van der Waals surface area contributed by atoms with E-state index in [0.29, 0.717) is 6.42 Å². The fourth-order valence-electron chi connectivity index (χ4n) is 4.28. The molecular weight excluding hydrogens is 346 g/mol. The third-order valence-electron chi connectivity index (χ3n) is 5.30. The zero-order chi connectivity index (χ0) is 15.5. The van der Waals surface area contributed by atoms with Crippen molar-refractivity contribution < 1.29 is 14.6 Å². The van der Waals surface area contributed by atoms with Crippen LogP contribution in [0.4, 0.5) is 0 Å². The SMILES string of the molecule is COc1cc(Br)c2c3c1OC1C[C@@H](O)C=CC31CCCC2N. The second-order valence-corrected chi connectivity index (χ2v) is 7.34. The summed E-state index contributed by atoms with van der Waals surface area (Å²) in [4.78, 5) is 0. The zero-order valence-electron chi connectivity index (χ0n) is 12.5. The van der Waals surface area contributed by atoms with Crippen molar-refractivity contribution in [2.24, 2.45) is 5.73 Å². The highest BCUT2D eigenvalue weighted by atomic mass is 79.9. The molecule has 4 rings (SSSR count). The molecule has 4 atom stereocenters. The van der Waals surface area contributed by atoms with E-state index in [-0.39, 0.29) is 17.6 Å². The maximum atomic E-state index is 10.0. The lowest BCUT2D eigenvalue weighted by atomic mass is 9.69. The molecule has 0 fully saturated rings. The first-order valence-electron chi connectivity index (χ1n) is 7.77. The Morgan fingerprint density at radius 3 is 3.09 bits per heavy atom. The Morgan fingerprint density at radius 2 is 2.32 bits per heavy atom. The minimum atomic E-state index is -0.445. The summed E-state index contributed by atoms with van der Waals surface area (Å²) in [5, 5.41) is 10.0. The molecule has 5 heteroatoms. The fourth-order valence-corrected chi connectivity index (χ4v) is 4.98. The van der Waals surface area contributed by atoms with Gasteiger partial charge in [0.25, 0.3) is 0 Å². The fraction of sp³-hybridized carbons (Fsp3) is 0.529. The number of rotatable bonds is 1. The molecule has 3 N–H and O–H groups in total. The van der Waals surface area contributed by atoms with E-state index in [0.717, 1.165) is 46.4 Å². The Kier molecular flexibility index (Phi) is 3.29. The minimum Gasteiger partial charge on any atom is -0.493 e. The molecular formula is C17H20BrNO3. The number of nitrogens with two attached hydrogens (primary N) is 1. The third kappa shape index (κ3) is 1.82. The number of halogens is 1. The topological polar surface area (TPSA) is 64.7 Å². The first-order valence-corrected chi connectivity index (χ1v) is 8.56. The molecule has 0 saturated carbocycles. The molecule has 0 bridgehead atoms. The van der Waals surface area contributed by atoms with Gasteiger partial charge in [0, 0.05) is 22.5 Å². The van der Waals surface area contributed by atoms with Gasteiger partial charge in [-0.2, -0.15) is 0 Å². The molecule has 0 radical (unpaired) electrons. The smallest absolute Gasteiger partial charge is 0.166 e. The third-order valence-corrected chi connectivity index (χ3v) is 5.96. The number of aliphatic hydroxyl groups excluding tert-OH is 1. The van der Waals surface area contributed by atoms with Crippen molar-refractivity contribution in [3.8, 4) is 11.5 Å². The Morgan fingerprint density at radius 1 is 1.50 bits per heavy atom. The van der Waals surface area contributed by atoms with E-state index in [2.05, 4.69) is 22.0 Å². The average Bonchev–Trinajstić information content (AvgIpc) is 2.72. The van der Waals surface area contributed by atoms with Gasteiger partial charge >= 0.3 is 0 Å². The van der Waals surface area contributed by atoms with E-state index < -0.39 is 6.10 Å². The Bertz CT molecular complexity index is 660. The number of hydrogen-bond donors (Lipinski definition) is 2. The number of aliphatic hydroxyl groups is 1. The molecule has 0 amide bonds. The molecule has 1 heterocycles. The molecule has 2 aliphatic carbocycles. The maximum absolute atomic E-state index is 10.0. The monoisotopic (exact) mass is 365 g/mol. The second-order valence-electron chi connectivity index (χ2n) is 6.49. The molecule has 1 aromatic carbocycles. The standard InChI is InChI=1S/C17H20BrNO3/c1-21-12-8-10(18)14-11(19)3-2-5-17-6-4-9(20)7-13(17)22-16(12)15(14)17/h4,6,8-9,11,13,20H,2-3,5,7,19H2,1H3/t9-,11?,13?,17?/m0/s1. The highest BCUT2D eigenvalue weighted by Gasteiger charge is 2.53. The lowest BCUT2D eigenvalue weighted by Crippen LogP contribution is -2.41. The van der Waals surface area contributed by atoms with Gasteiger partial charge in [-0.3, -0.25) is 0 Å². The summed E-state index contributed by atoms with van der Waals surface area (Å²) in [5.41, 5.74) is 8.56. The maximum Gasteiger partial charge on any atom is 0.166 e. The molecule has 3 unspecified atom stereocenters. The number of benzene rings is 1. The molecule has 4 nitrogen and oxygen atoms in total. The first-order chi connectivity index (χ1) is 10.6. The summed E-state index contributed by atoms with van der Waals surface area (Å²) in [6, 6.07) is 1.95. The summed E-state index contributed by atoms with van der Waals surface area (Å²) in [5.74, 6) is 1.54. The molecule has 22 heavy (non-hydrogen) atoms. The zero-order valence-corrected chi connectivity index (χ0v) is 14.1. The van der Waals surface area contributed by atoms with E-state index in [1.165, 1.54) is 0 Å². The molecule has 1 aromatic rings. The van der Waals surface area contributed by atoms with E-state index in [9.17, 15) is 5.11 Å². The van der Waals surface area contributed by atoms with Crippen LogP contribution in [0.1, 0.15) is 42.9 Å². The normalized spacial score (nSPS) is 35.4. The van der Waals surface area contributed by atoms with Crippen LogP contribution in [-0.4, -0.2) is 24.4 Å². The van der Waals surface area contributed by atoms with Gasteiger partial charge in [0.2, 0.25) is 0 Å². The number of methoxy groups -OCH3 is 1. The summed E-state index contributed by atoms with van der Waals surface area (Å²) in [6.07, 6.45) is 7.17. The van der Waals surface area contributed by atoms with Gasteiger partial charge in [-0.25, -0.2) is 0 Å². The Labute approximate surface area is 138 Å². The van der Waals surface area contributed by atoms with Crippen LogP contribution in [-0.2, 0) is 5.41 Å². The largest absolute Gasteiger partial charge is 0.493 e. The van der Waals surface area contributed by atoms with Gasteiger partial charge < -0.3 is 20.3 Å². The van der Waals surface area contributed by atoms with E-state index in [1.54, 1.807) is 7.11 Å². The van der Waals surface area contributed by atoms with Crippen molar-refractivity contribution in [2.75, 3.05) is 7.11 Å². The van der Waals surface area contributed by atoms with Crippen LogP contribution in [0.5, 0.6) is 11.5 Å². The van der Waals surface area contributed by atoms with Crippen LogP contribution < -0.4 is 15.2 Å². The van der Waals surface area contributed by atoms with Crippen molar-refractivity contribution in [2.45, 2.75) is 49.3 Å². The molecule has 0 aromatic heterocycles. The summed E-state index contributed by atoms with van der Waals surface area (Å²) < 4.78 is 12.8. The van der Waals surface area contributed by atoms with Crippen LogP contribution in [0.25, 0.3) is 0 Å². The van der Waals surface area contributed by atoms with Gasteiger partial charge in [0.15, 0.2) is 11.5 Å². The van der Waals surface area contributed by atoms with Crippen molar-refractivity contribution in [1.29, 1.82) is 0 Å². The molecule has 118 valence electrons. The molecule has 1 spiro atoms. The van der Waals surface area contributed by atoms with E-state index in [1.807, 2.05) is 12.1 Å². The van der Waals surface area contributed by atoms with E-state index >= 15 is 0 Å². The van der Waals surface area contributed by atoms with Crippen LogP contribution in [0.15, 0.2) is 22.7 Å². The predicted molar refractivity (Wildman–Crippen MR) is 87.3 cm³/mol. The van der Waals surface area contributed by atoms with Crippen LogP contribution >= 0.6 is 15.9 Å². The van der Waals surface area contributed by atoms with Crippen LogP contribution in [0, 0.1) is 0 Å². The Hall–Kier alpha value is -1.04. The van der Waals surface area contributed by atoms with E-state index in [4.69, 9.17) is 15.2 Å². The number of ether oxygens (including phenoxy) is 2. The molecule has 0 saturated heterocycles. The van der Waals surface area contributed by atoms with Crippen LogP contribution in [0.2, 0.25) is 0 Å². The van der Waals surface area contributed by atoms with Gasteiger partial charge in [-0.1, -0.05) is 34.5 Å². The van der Waals surface area contributed by atoms with Crippen molar-refractivity contribution in [3.05, 3.63) is 33.8 Å². The lowest BCUT2D eigenvalue weighted by molar-refractivity contribution is 0.0841. The van der Waals surface area contributed by atoms with Gasteiger partial charge in [-0.05, 0) is 24.5 Å². The lowest BCUT2D eigenvalue weighted by Gasteiger charge is -2.35. The minimum absolute atomic E-state index is 0.00370. The highest BCUT2D eigenvalue weighted by Crippen LogP contribution is 2.59. The summed E-state index contributed by atoms with van der Waals surface area (Å²) in [7, 11) is 1.66. The second kappa shape index (κ2) is 4.98. The molecule has 1 aliphatic heterocycles. The van der Waals surface area contributed by atoms with Gasteiger partial charge in [0.05, 0.1) is 18.6 Å². The highest BCUT2D eigenvalue weighted by molar-refractivity contribution is 9.10. The van der Waals surface area contributed by atoms with Crippen LogP contribution in [0.3, 0.4) is 0 Å². The summed E-state index contributed by atoms with van der Waals surface area (Å²) >= 11 is 3.67. The van der Waals surface area contributed by atoms with Crippen molar-refractivity contribution in [3.63, 3.8) is 0 Å². The van der Waals surface area contributed by atoms with Gasteiger partial charge in [0.1, 0.15) is 6.10 Å². The van der Waals surface area contributed by atoms with Gasteiger partial charge in [-0.15, -0.1) is 0 Å². The molecule has 3 aliphatic rings. The van der Waals surface area contributed by atoms with Crippen molar-refractivity contribution >= 4 is 15.9 Å². The predicted octanol–water partition coefficient (Wildman–Crippen LogP) is 2.96. The Balaban J connectivity index is 2.03. The average molecular weight is 366 g/mol. The quantitative estimate of drug-likeness (QED) is 0.750. The first kappa shape index (κ1) is 14.5. The number of hydrogen-bond acceptors (Lipinski definition) is 4.